The van der Waals surface area contributed by atoms with E-state index >= 15 is 0 Å². The summed E-state index contributed by atoms with van der Waals surface area (Å²) < 4.78 is 38.4. The van der Waals surface area contributed by atoms with Crippen molar-refractivity contribution in [3.63, 3.8) is 0 Å². The number of likely N-dealkylation sites (N-methyl/N-ethyl adjacent to an activating group) is 1. The molecule has 0 fully saturated rings. The van der Waals surface area contributed by atoms with Crippen molar-refractivity contribution in [1.29, 1.82) is 0 Å². The minimum Gasteiger partial charge on any atom is -0.384 e. The molecule has 0 aliphatic heterocycles. The molecule has 11 heteroatoms. The fourth-order valence-electron chi connectivity index (χ4n) is 2.91. The van der Waals surface area contributed by atoms with E-state index in [9.17, 15) is 17.6 Å². The molecule has 0 saturated carbocycles. The van der Waals surface area contributed by atoms with E-state index in [1.807, 2.05) is 19.0 Å². The molecule has 3 rings (SSSR count). The first-order valence-electron chi connectivity index (χ1n) is 10.0. The number of carbonyl (C=O) groups excluding carboxylic acids is 1. The number of sulfone groups is 1. The number of halogens is 1. The third kappa shape index (κ3) is 6.96. The van der Waals surface area contributed by atoms with Crippen LogP contribution in [-0.2, 0) is 15.6 Å². The van der Waals surface area contributed by atoms with Gasteiger partial charge in [-0.05, 0) is 62.6 Å². The van der Waals surface area contributed by atoms with Crippen LogP contribution in [0.25, 0.3) is 11.4 Å². The summed E-state index contributed by atoms with van der Waals surface area (Å²) in [4.78, 5) is 22.4. The van der Waals surface area contributed by atoms with E-state index in [0.717, 1.165) is 18.7 Å². The number of nitrogens with one attached hydrogen (secondary N) is 2. The first-order valence-corrected chi connectivity index (χ1v) is 11.7. The zero-order chi connectivity index (χ0) is 24.0. The summed E-state index contributed by atoms with van der Waals surface area (Å²) in [5.41, 5.74) is 7.26. The first kappa shape index (κ1) is 24.1. The predicted molar refractivity (Wildman–Crippen MR) is 125 cm³/mol. The molecule has 1 heterocycles. The fraction of sp³-hybridized carbons (Fsp3) is 0.227. The summed E-state index contributed by atoms with van der Waals surface area (Å²) >= 11 is 0. The van der Waals surface area contributed by atoms with E-state index in [4.69, 9.17) is 5.73 Å². The second-order valence-electron chi connectivity index (χ2n) is 7.58. The molecule has 2 amide bonds. The molecule has 1 aromatic heterocycles. The third-order valence-electron chi connectivity index (χ3n) is 4.56. The lowest BCUT2D eigenvalue weighted by molar-refractivity contribution is 0.250. The molecule has 0 unspecified atom stereocenters. The van der Waals surface area contributed by atoms with Gasteiger partial charge in [-0.2, -0.15) is 0 Å². The second kappa shape index (κ2) is 10.4. The van der Waals surface area contributed by atoms with Crippen molar-refractivity contribution in [3.8, 4) is 11.4 Å². The van der Waals surface area contributed by atoms with E-state index in [1.54, 1.807) is 24.3 Å². The number of nitrogens with two attached hydrogens (primary N) is 1. The summed E-state index contributed by atoms with van der Waals surface area (Å²) in [5, 5.41) is 5.48. The highest BCUT2D eigenvalue weighted by Gasteiger charge is 2.18. The molecule has 174 valence electrons. The number of amides is 2. The molecule has 9 nitrogen and oxygen atoms in total. The number of nitrogen functional groups attached to an aromatic ring is 1. The number of nitrogens with zero attached hydrogens (tertiary/aromatic N) is 3. The zero-order valence-corrected chi connectivity index (χ0v) is 19.1. The van der Waals surface area contributed by atoms with E-state index in [1.165, 1.54) is 18.2 Å². The number of carbonyl (C=O) groups is 1. The summed E-state index contributed by atoms with van der Waals surface area (Å²) in [6.07, 6.45) is 0. The maximum absolute atomic E-state index is 13.1. The maximum atomic E-state index is 13.1. The van der Waals surface area contributed by atoms with Gasteiger partial charge in [-0.25, -0.2) is 27.6 Å². The molecular formula is C22H25FN6O3S. The highest BCUT2D eigenvalue weighted by Crippen LogP contribution is 2.22. The van der Waals surface area contributed by atoms with Crippen LogP contribution in [0, 0.1) is 5.82 Å². The molecule has 33 heavy (non-hydrogen) atoms. The molecule has 0 saturated heterocycles. The quantitative estimate of drug-likeness (QED) is 0.430. The Kier molecular flexibility index (Phi) is 7.56. The highest BCUT2D eigenvalue weighted by atomic mass is 32.2. The molecule has 0 atom stereocenters. The highest BCUT2D eigenvalue weighted by molar-refractivity contribution is 7.90. The van der Waals surface area contributed by atoms with Gasteiger partial charge < -0.3 is 21.3 Å². The Bertz CT molecular complexity index is 1220. The zero-order valence-electron chi connectivity index (χ0n) is 18.2. The van der Waals surface area contributed by atoms with E-state index in [0.29, 0.717) is 17.8 Å². The van der Waals surface area contributed by atoms with Gasteiger partial charge in [0.2, 0.25) is 0 Å². The molecule has 2 aromatic carbocycles. The average Bonchev–Trinajstić information content (AvgIpc) is 2.73. The first-order chi connectivity index (χ1) is 15.6. The maximum Gasteiger partial charge on any atom is 0.319 e. The van der Waals surface area contributed by atoms with Crippen molar-refractivity contribution in [2.75, 3.05) is 38.2 Å². The molecule has 0 aliphatic carbocycles. The van der Waals surface area contributed by atoms with Crippen LogP contribution in [-0.4, -0.2) is 56.5 Å². The van der Waals surface area contributed by atoms with Crippen molar-refractivity contribution in [2.45, 2.75) is 10.6 Å². The average molecular weight is 473 g/mol. The van der Waals surface area contributed by atoms with Crippen LogP contribution in [0.3, 0.4) is 0 Å². The van der Waals surface area contributed by atoms with Gasteiger partial charge in [-0.3, -0.25) is 0 Å². The topological polar surface area (TPSA) is 130 Å². The van der Waals surface area contributed by atoms with Crippen LogP contribution < -0.4 is 16.4 Å². The Balaban J connectivity index is 1.72. The number of hydrogen-bond acceptors (Lipinski definition) is 7. The second-order valence-corrected chi connectivity index (χ2v) is 9.57. The number of urea groups is 1. The predicted octanol–water partition coefficient (Wildman–Crippen LogP) is 2.52. The Hall–Kier alpha value is -3.57. The molecule has 0 aliphatic rings. The molecule has 0 radical (unpaired) electrons. The summed E-state index contributed by atoms with van der Waals surface area (Å²) in [6, 6.07) is 12.4. The number of aromatic nitrogens is 2. The van der Waals surface area contributed by atoms with Crippen molar-refractivity contribution < 1.29 is 17.6 Å². The number of hydrogen-bond donors (Lipinski definition) is 3. The standard InChI is InChI=1S/C22H25FN6O3S/c1-29(2)12-11-25-22(30)27-17-7-3-15(4-8-17)21-26-18(13-20(24)28-21)14-33(31,32)19-9-5-16(23)6-10-19/h3-10,13H,11-12,14H2,1-2H3,(H2,24,26,28)(H2,25,27,30). The van der Waals surface area contributed by atoms with Crippen LogP contribution in [0.4, 0.5) is 20.7 Å². The Morgan fingerprint density at radius 2 is 1.73 bits per heavy atom. The number of anilines is 2. The summed E-state index contributed by atoms with van der Waals surface area (Å²) in [6.45, 7) is 1.23. The van der Waals surface area contributed by atoms with Crippen LogP contribution >= 0.6 is 0 Å². The number of rotatable bonds is 8. The SMILES string of the molecule is CN(C)CCNC(=O)Nc1ccc(-c2nc(N)cc(CS(=O)(=O)c3ccc(F)cc3)n2)cc1. The van der Waals surface area contributed by atoms with E-state index < -0.39 is 21.4 Å². The van der Waals surface area contributed by atoms with Gasteiger partial charge >= 0.3 is 6.03 Å². The normalized spacial score (nSPS) is 11.4. The van der Waals surface area contributed by atoms with E-state index in [-0.39, 0.29) is 28.3 Å². The van der Waals surface area contributed by atoms with Gasteiger partial charge in [-0.15, -0.1) is 0 Å². The molecule has 0 spiro atoms. The van der Waals surface area contributed by atoms with Crippen molar-refractivity contribution in [3.05, 3.63) is 66.1 Å². The van der Waals surface area contributed by atoms with Crippen LogP contribution in [0.15, 0.2) is 59.5 Å². The van der Waals surface area contributed by atoms with Crippen molar-refractivity contribution in [1.82, 2.24) is 20.2 Å². The fourth-order valence-corrected chi connectivity index (χ4v) is 4.17. The smallest absolute Gasteiger partial charge is 0.319 e. The Morgan fingerprint density at radius 1 is 1.06 bits per heavy atom. The number of benzene rings is 2. The van der Waals surface area contributed by atoms with Crippen molar-refractivity contribution >= 4 is 27.4 Å². The lowest BCUT2D eigenvalue weighted by atomic mass is 10.2. The molecule has 3 aromatic rings. The summed E-state index contributed by atoms with van der Waals surface area (Å²) in [7, 11) is 0.0849. The van der Waals surface area contributed by atoms with Crippen LogP contribution in [0.1, 0.15) is 5.69 Å². The van der Waals surface area contributed by atoms with Gasteiger partial charge in [-0.1, -0.05) is 0 Å². The van der Waals surface area contributed by atoms with Gasteiger partial charge in [0.25, 0.3) is 0 Å². The Labute approximate surface area is 191 Å². The van der Waals surface area contributed by atoms with Crippen LogP contribution in [0.5, 0.6) is 0 Å². The molecular weight excluding hydrogens is 447 g/mol. The minimum atomic E-state index is -3.75. The van der Waals surface area contributed by atoms with Crippen LogP contribution in [0.2, 0.25) is 0 Å². The lowest BCUT2D eigenvalue weighted by Gasteiger charge is -2.11. The van der Waals surface area contributed by atoms with Gasteiger partial charge in [0.05, 0.1) is 16.3 Å². The van der Waals surface area contributed by atoms with Gasteiger partial charge in [0.15, 0.2) is 15.7 Å². The van der Waals surface area contributed by atoms with Gasteiger partial charge in [0, 0.05) is 30.4 Å². The lowest BCUT2D eigenvalue weighted by Crippen LogP contribution is -2.34. The summed E-state index contributed by atoms with van der Waals surface area (Å²) in [5.74, 6) is -0.565. The van der Waals surface area contributed by atoms with Crippen molar-refractivity contribution in [2.24, 2.45) is 0 Å². The Morgan fingerprint density at radius 3 is 2.36 bits per heavy atom. The monoisotopic (exact) mass is 472 g/mol. The van der Waals surface area contributed by atoms with E-state index in [2.05, 4.69) is 20.6 Å². The third-order valence-corrected chi connectivity index (χ3v) is 6.22. The molecule has 4 N–H and O–H groups in total. The largest absolute Gasteiger partial charge is 0.384 e. The minimum absolute atomic E-state index is 0.0121. The molecule has 0 bridgehead atoms. The van der Waals surface area contributed by atoms with Gasteiger partial charge in [0.1, 0.15) is 11.6 Å².